The number of para-hydroxylation sites is 2. The van der Waals surface area contributed by atoms with Crippen molar-refractivity contribution in [2.75, 3.05) is 10.8 Å². The zero-order valence-electron chi connectivity index (χ0n) is 12.1. The normalized spacial score (nSPS) is 14.9. The van der Waals surface area contributed by atoms with E-state index in [4.69, 9.17) is 16.4 Å². The van der Waals surface area contributed by atoms with Gasteiger partial charge in [0, 0.05) is 17.1 Å². The van der Waals surface area contributed by atoms with E-state index in [1.165, 1.54) is 0 Å². The lowest BCUT2D eigenvalue weighted by Gasteiger charge is -2.16. The molecule has 5 nitrogen and oxygen atoms in total. The van der Waals surface area contributed by atoms with Crippen molar-refractivity contribution >= 4 is 40.6 Å². The highest BCUT2D eigenvalue weighted by atomic mass is 35.5. The number of nitrogens with zero attached hydrogens (tertiary/aromatic N) is 2. The second-order valence-corrected chi connectivity index (χ2v) is 5.21. The van der Waals surface area contributed by atoms with Crippen molar-refractivity contribution in [1.82, 2.24) is 0 Å². The second-order valence-electron chi connectivity index (χ2n) is 4.84. The van der Waals surface area contributed by atoms with E-state index in [-0.39, 0.29) is 23.9 Å². The number of anilines is 2. The summed E-state index contributed by atoms with van der Waals surface area (Å²) in [4.78, 5) is 30.5. The fourth-order valence-electron chi connectivity index (χ4n) is 2.34. The lowest BCUT2D eigenvalue weighted by molar-refractivity contribution is -0.143. The molecule has 0 radical (unpaired) electrons. The van der Waals surface area contributed by atoms with Crippen molar-refractivity contribution in [3.05, 3.63) is 60.2 Å². The first-order valence-electron chi connectivity index (χ1n) is 7.05. The van der Waals surface area contributed by atoms with E-state index >= 15 is 0 Å². The van der Waals surface area contributed by atoms with Gasteiger partial charge < -0.3 is 4.84 Å². The largest absolute Gasteiger partial charge is 0.336 e. The molecule has 0 spiro atoms. The molecule has 23 heavy (non-hydrogen) atoms. The minimum absolute atomic E-state index is 0.0383. The van der Waals surface area contributed by atoms with Crippen LogP contribution in [-0.4, -0.2) is 23.5 Å². The third-order valence-electron chi connectivity index (χ3n) is 3.36. The van der Waals surface area contributed by atoms with Gasteiger partial charge in [-0.2, -0.15) is 0 Å². The third-order valence-corrected chi connectivity index (χ3v) is 3.55. The Balaban J connectivity index is 1.99. The van der Waals surface area contributed by atoms with Crippen LogP contribution in [-0.2, 0) is 14.4 Å². The van der Waals surface area contributed by atoms with Crippen LogP contribution in [0.15, 0.2) is 59.8 Å². The van der Waals surface area contributed by atoms with Gasteiger partial charge in [0.05, 0.1) is 12.1 Å². The fraction of sp³-hybridized carbons (Fsp3) is 0.118. The number of fused-ring (bicyclic) bond motifs is 1. The van der Waals surface area contributed by atoms with E-state index < -0.39 is 5.97 Å². The first-order chi connectivity index (χ1) is 11.2. The first-order valence-corrected chi connectivity index (χ1v) is 7.58. The summed E-state index contributed by atoms with van der Waals surface area (Å²) in [7, 11) is 0. The molecule has 0 saturated carbocycles. The van der Waals surface area contributed by atoms with E-state index in [1.807, 2.05) is 42.5 Å². The molecule has 1 heterocycles. The SMILES string of the molecule is O=C(CCCl)O/N=C1/C(=O)N(c2ccccc2)c2ccccc21. The number of hydrogen-bond acceptors (Lipinski definition) is 4. The third kappa shape index (κ3) is 2.96. The van der Waals surface area contributed by atoms with E-state index in [2.05, 4.69) is 5.16 Å². The molecule has 1 aliphatic heterocycles. The summed E-state index contributed by atoms with van der Waals surface area (Å²) in [5.41, 5.74) is 2.16. The molecule has 0 N–H and O–H groups in total. The highest BCUT2D eigenvalue weighted by Crippen LogP contribution is 2.35. The summed E-state index contributed by atoms with van der Waals surface area (Å²) in [5, 5.41) is 3.76. The van der Waals surface area contributed by atoms with Crippen LogP contribution < -0.4 is 4.90 Å². The van der Waals surface area contributed by atoms with Crippen LogP contribution in [0.25, 0.3) is 0 Å². The van der Waals surface area contributed by atoms with Crippen LogP contribution in [0, 0.1) is 0 Å². The Labute approximate surface area is 138 Å². The summed E-state index contributed by atoms with van der Waals surface area (Å²) in [6.07, 6.45) is 0.0383. The number of benzene rings is 2. The van der Waals surface area contributed by atoms with Crippen molar-refractivity contribution in [2.45, 2.75) is 6.42 Å². The molecule has 1 aliphatic rings. The molecule has 6 heteroatoms. The molecule has 0 saturated heterocycles. The van der Waals surface area contributed by atoms with E-state index in [1.54, 1.807) is 17.0 Å². The first kappa shape index (κ1) is 15.2. The number of oxime groups is 1. The van der Waals surface area contributed by atoms with Gasteiger partial charge in [0.2, 0.25) is 0 Å². The van der Waals surface area contributed by atoms with Crippen LogP contribution in [0.2, 0.25) is 0 Å². The van der Waals surface area contributed by atoms with E-state index in [9.17, 15) is 9.59 Å². The number of halogens is 1. The van der Waals surface area contributed by atoms with Crippen LogP contribution in [0.1, 0.15) is 12.0 Å². The maximum Gasteiger partial charge on any atom is 0.336 e. The molecule has 0 atom stereocenters. The van der Waals surface area contributed by atoms with Gasteiger partial charge in [-0.25, -0.2) is 4.79 Å². The number of hydrogen-bond donors (Lipinski definition) is 0. The molecule has 3 rings (SSSR count). The molecule has 0 bridgehead atoms. The molecule has 0 aliphatic carbocycles. The monoisotopic (exact) mass is 328 g/mol. The van der Waals surface area contributed by atoms with Crippen LogP contribution >= 0.6 is 11.6 Å². The van der Waals surface area contributed by atoms with Crippen LogP contribution in [0.5, 0.6) is 0 Å². The molecular formula is C17H13ClN2O3. The van der Waals surface area contributed by atoms with Gasteiger partial charge in [0.15, 0.2) is 5.71 Å². The molecular weight excluding hydrogens is 316 g/mol. The predicted molar refractivity (Wildman–Crippen MR) is 88.0 cm³/mol. The average Bonchev–Trinajstić information content (AvgIpc) is 2.85. The maximum atomic E-state index is 12.7. The molecule has 0 unspecified atom stereocenters. The standard InChI is InChI=1S/C17H13ClN2O3/c18-11-10-15(21)23-19-16-13-8-4-5-9-14(13)20(17(16)22)12-6-2-1-3-7-12/h1-9H,10-11H2/b19-16+. The van der Waals surface area contributed by atoms with Gasteiger partial charge in [-0.1, -0.05) is 41.6 Å². The Morgan fingerprint density at radius 2 is 1.78 bits per heavy atom. The van der Waals surface area contributed by atoms with Gasteiger partial charge in [-0.05, 0) is 18.2 Å². The highest BCUT2D eigenvalue weighted by molar-refractivity contribution is 6.55. The molecule has 2 aromatic rings. The minimum atomic E-state index is -0.573. The number of carbonyl (C=O) groups excluding carboxylic acids is 2. The molecule has 1 amide bonds. The second kappa shape index (κ2) is 6.62. The molecule has 2 aromatic carbocycles. The highest BCUT2D eigenvalue weighted by Gasteiger charge is 2.35. The van der Waals surface area contributed by atoms with Gasteiger partial charge in [-0.3, -0.25) is 9.69 Å². The Bertz CT molecular complexity index is 774. The van der Waals surface area contributed by atoms with Gasteiger partial charge in [0.1, 0.15) is 0 Å². The lowest BCUT2D eigenvalue weighted by atomic mass is 10.1. The Kier molecular flexibility index (Phi) is 4.39. The smallest absolute Gasteiger partial charge is 0.317 e. The zero-order valence-corrected chi connectivity index (χ0v) is 12.9. The summed E-state index contributed by atoms with van der Waals surface area (Å²) in [6.45, 7) is 0. The topological polar surface area (TPSA) is 59.0 Å². The van der Waals surface area contributed by atoms with Gasteiger partial charge >= 0.3 is 5.97 Å². The average molecular weight is 329 g/mol. The fourth-order valence-corrected chi connectivity index (χ4v) is 2.49. The van der Waals surface area contributed by atoms with Gasteiger partial charge in [-0.15, -0.1) is 11.6 Å². The van der Waals surface area contributed by atoms with Gasteiger partial charge in [0.25, 0.3) is 5.91 Å². The van der Waals surface area contributed by atoms with Crippen LogP contribution in [0.4, 0.5) is 11.4 Å². The Morgan fingerprint density at radius 3 is 2.52 bits per heavy atom. The number of rotatable bonds is 4. The summed E-state index contributed by atoms with van der Waals surface area (Å²) in [6, 6.07) is 16.5. The molecule has 0 aromatic heterocycles. The van der Waals surface area contributed by atoms with Crippen molar-refractivity contribution < 1.29 is 14.4 Å². The van der Waals surface area contributed by atoms with Crippen molar-refractivity contribution in [1.29, 1.82) is 0 Å². The van der Waals surface area contributed by atoms with Crippen molar-refractivity contribution in [3.63, 3.8) is 0 Å². The Morgan fingerprint density at radius 1 is 1.09 bits per heavy atom. The summed E-state index contributed by atoms with van der Waals surface area (Å²) >= 11 is 5.48. The van der Waals surface area contributed by atoms with E-state index in [0.717, 1.165) is 5.69 Å². The number of alkyl halides is 1. The number of carbonyl (C=O) groups is 2. The predicted octanol–water partition coefficient (Wildman–Crippen LogP) is 3.24. The summed E-state index contributed by atoms with van der Waals surface area (Å²) in [5.74, 6) is -0.767. The maximum absolute atomic E-state index is 12.7. The summed E-state index contributed by atoms with van der Waals surface area (Å²) < 4.78 is 0. The van der Waals surface area contributed by atoms with E-state index in [0.29, 0.717) is 11.3 Å². The van der Waals surface area contributed by atoms with Crippen molar-refractivity contribution in [3.8, 4) is 0 Å². The van der Waals surface area contributed by atoms with Crippen molar-refractivity contribution in [2.24, 2.45) is 5.16 Å². The molecule has 116 valence electrons. The quantitative estimate of drug-likeness (QED) is 0.492. The Hall–Kier alpha value is -2.66. The zero-order chi connectivity index (χ0) is 16.2. The minimum Gasteiger partial charge on any atom is -0.317 e. The number of amides is 1. The van der Waals surface area contributed by atoms with Crippen LogP contribution in [0.3, 0.4) is 0 Å². The molecule has 0 fully saturated rings. The lowest BCUT2D eigenvalue weighted by Crippen LogP contribution is -2.25.